The first-order valence-electron chi connectivity index (χ1n) is 4.29. The molecule has 1 unspecified atom stereocenters. The number of carbonyl (C=O) groups excluding carboxylic acids is 1. The molecule has 4 heteroatoms. The number of anilines is 1. The van der Waals surface area contributed by atoms with Gasteiger partial charge in [-0.25, -0.2) is 0 Å². The summed E-state index contributed by atoms with van der Waals surface area (Å²) >= 11 is 0. The second-order valence-corrected chi connectivity index (χ2v) is 3.19. The maximum Gasteiger partial charge on any atom is 0.330 e. The van der Waals surface area contributed by atoms with E-state index >= 15 is 0 Å². The molecule has 14 heavy (non-hydrogen) atoms. The molecule has 0 N–H and O–H groups in total. The maximum absolute atomic E-state index is 10.8. The number of para-hydroxylation sites is 1. The van der Waals surface area contributed by atoms with E-state index in [1.165, 1.54) is 0 Å². The van der Waals surface area contributed by atoms with Crippen molar-refractivity contribution in [3.63, 3.8) is 0 Å². The molecule has 0 saturated heterocycles. The molecule has 1 aromatic rings. The van der Waals surface area contributed by atoms with Gasteiger partial charge >= 0.3 is 5.71 Å². The van der Waals surface area contributed by atoms with Gasteiger partial charge in [0.15, 0.2) is 12.3 Å². The number of nitrogens with zero attached hydrogens (tertiary/aromatic N) is 3. The Morgan fingerprint density at radius 1 is 1.50 bits per heavy atom. The van der Waals surface area contributed by atoms with E-state index in [0.29, 0.717) is 5.71 Å². The van der Waals surface area contributed by atoms with Gasteiger partial charge in [0.25, 0.3) is 0 Å². The van der Waals surface area contributed by atoms with E-state index in [-0.39, 0.29) is 0 Å². The highest BCUT2D eigenvalue weighted by Gasteiger charge is 2.38. The van der Waals surface area contributed by atoms with Crippen molar-refractivity contribution in [3.8, 4) is 0 Å². The van der Waals surface area contributed by atoms with Crippen molar-refractivity contribution in [1.82, 2.24) is 0 Å². The van der Waals surface area contributed by atoms with Crippen LogP contribution >= 0.6 is 0 Å². The molecule has 0 amide bonds. The van der Waals surface area contributed by atoms with E-state index < -0.39 is 6.04 Å². The number of fused-ring (bicyclic) bond motifs is 1. The average molecular weight is 187 g/mol. The van der Waals surface area contributed by atoms with E-state index in [9.17, 15) is 4.79 Å². The summed E-state index contributed by atoms with van der Waals surface area (Å²) in [5, 5.41) is 0. The number of aldehydes is 1. The predicted octanol–water partition coefficient (Wildman–Crippen LogP) is 0.723. The molecular formula is C10H9N3O. The highest BCUT2D eigenvalue weighted by Crippen LogP contribution is 2.28. The van der Waals surface area contributed by atoms with E-state index in [4.69, 9.17) is 5.53 Å². The highest BCUT2D eigenvalue weighted by atomic mass is 16.1. The van der Waals surface area contributed by atoms with Crippen LogP contribution < -0.4 is 4.90 Å². The van der Waals surface area contributed by atoms with Crippen molar-refractivity contribution in [2.45, 2.75) is 6.04 Å². The van der Waals surface area contributed by atoms with E-state index in [1.807, 2.05) is 24.3 Å². The Bertz CT molecular complexity index is 435. The lowest BCUT2D eigenvalue weighted by Crippen LogP contribution is -2.34. The standard InChI is InChI=1S/C10H9N3O/c1-13-8-5-3-2-4-7(8)10(12-11)9(13)6-14/h2-6,9H,1H3. The zero-order valence-corrected chi connectivity index (χ0v) is 7.71. The first-order valence-corrected chi connectivity index (χ1v) is 4.29. The highest BCUT2D eigenvalue weighted by molar-refractivity contribution is 6.18. The van der Waals surface area contributed by atoms with Crippen LogP contribution in [0.3, 0.4) is 0 Å². The van der Waals surface area contributed by atoms with Gasteiger partial charge in [-0.05, 0) is 12.1 Å². The van der Waals surface area contributed by atoms with Crippen molar-refractivity contribution in [3.05, 3.63) is 35.4 Å². The van der Waals surface area contributed by atoms with Gasteiger partial charge in [-0.1, -0.05) is 12.1 Å². The van der Waals surface area contributed by atoms with Crippen molar-refractivity contribution >= 4 is 17.7 Å². The van der Waals surface area contributed by atoms with Crippen molar-refractivity contribution < 1.29 is 9.58 Å². The van der Waals surface area contributed by atoms with Gasteiger partial charge in [0, 0.05) is 7.05 Å². The summed E-state index contributed by atoms with van der Waals surface area (Å²) < 4.78 is 0. The van der Waals surface area contributed by atoms with Crippen LogP contribution in [-0.4, -0.2) is 29.9 Å². The lowest BCUT2D eigenvalue weighted by atomic mass is 10.1. The molecule has 2 rings (SSSR count). The van der Waals surface area contributed by atoms with Gasteiger partial charge in [-0.15, -0.1) is 0 Å². The Labute approximate surface area is 81.4 Å². The molecule has 1 heterocycles. The predicted molar refractivity (Wildman–Crippen MR) is 52.4 cm³/mol. The second kappa shape index (κ2) is 3.09. The average Bonchev–Trinajstić information content (AvgIpc) is 2.51. The zero-order chi connectivity index (χ0) is 10.1. The quantitative estimate of drug-likeness (QED) is 0.369. The Kier molecular flexibility index (Phi) is 1.91. The van der Waals surface area contributed by atoms with Gasteiger partial charge < -0.3 is 15.2 Å². The smallest absolute Gasteiger partial charge is 0.330 e. The molecule has 0 fully saturated rings. The van der Waals surface area contributed by atoms with Gasteiger partial charge in [0.1, 0.15) is 0 Å². The molecule has 1 aliphatic rings. The lowest BCUT2D eigenvalue weighted by Gasteiger charge is -2.13. The number of likely N-dealkylation sites (N-methyl/N-ethyl adjacent to an activating group) is 1. The fourth-order valence-corrected chi connectivity index (χ4v) is 1.76. The Hall–Kier alpha value is -1.93. The fraction of sp³-hybridized carbons (Fsp3) is 0.200. The van der Waals surface area contributed by atoms with Crippen LogP contribution in [0.15, 0.2) is 24.3 Å². The third kappa shape index (κ3) is 0.980. The summed E-state index contributed by atoms with van der Waals surface area (Å²) in [6.07, 6.45) is 0.773. The number of carbonyl (C=O) groups is 1. The van der Waals surface area contributed by atoms with Gasteiger partial charge in [-0.2, -0.15) is 4.79 Å². The summed E-state index contributed by atoms with van der Waals surface area (Å²) in [4.78, 5) is 15.8. The molecule has 0 spiro atoms. The Morgan fingerprint density at radius 2 is 2.21 bits per heavy atom. The Balaban J connectivity index is 2.66. The van der Waals surface area contributed by atoms with Crippen LogP contribution in [0, 0.1) is 0 Å². The van der Waals surface area contributed by atoms with E-state index in [2.05, 4.69) is 4.79 Å². The van der Waals surface area contributed by atoms with E-state index in [0.717, 1.165) is 17.5 Å². The summed E-state index contributed by atoms with van der Waals surface area (Å²) in [5.74, 6) is 0. The molecule has 4 nitrogen and oxygen atoms in total. The minimum absolute atomic E-state index is 0.415. The second-order valence-electron chi connectivity index (χ2n) is 3.19. The van der Waals surface area contributed by atoms with Crippen molar-refractivity contribution in [2.24, 2.45) is 0 Å². The minimum atomic E-state index is -0.475. The van der Waals surface area contributed by atoms with Gasteiger partial charge in [-0.3, -0.25) is 0 Å². The van der Waals surface area contributed by atoms with Crippen LogP contribution in [-0.2, 0) is 4.79 Å². The number of hydrogen-bond donors (Lipinski definition) is 0. The maximum atomic E-state index is 10.8. The number of benzene rings is 1. The number of rotatable bonds is 1. The third-order valence-electron chi connectivity index (χ3n) is 2.49. The van der Waals surface area contributed by atoms with Gasteiger partial charge in [0.2, 0.25) is 0 Å². The first kappa shape index (κ1) is 8.66. The molecule has 1 atom stereocenters. The van der Waals surface area contributed by atoms with Crippen LogP contribution in [0.25, 0.3) is 5.53 Å². The monoisotopic (exact) mass is 187 g/mol. The molecule has 1 aliphatic heterocycles. The van der Waals surface area contributed by atoms with Crippen molar-refractivity contribution in [2.75, 3.05) is 11.9 Å². The molecule has 0 saturated carbocycles. The topological polar surface area (TPSA) is 56.7 Å². The molecule has 0 aliphatic carbocycles. The molecule has 0 bridgehead atoms. The van der Waals surface area contributed by atoms with E-state index in [1.54, 1.807) is 11.9 Å². The van der Waals surface area contributed by atoms with Crippen LogP contribution in [0.5, 0.6) is 0 Å². The van der Waals surface area contributed by atoms with Crippen LogP contribution in [0.1, 0.15) is 5.56 Å². The molecule has 0 radical (unpaired) electrons. The summed E-state index contributed by atoms with van der Waals surface area (Å²) in [7, 11) is 1.80. The third-order valence-corrected chi connectivity index (χ3v) is 2.49. The normalized spacial score (nSPS) is 19.1. The fourth-order valence-electron chi connectivity index (χ4n) is 1.76. The SMILES string of the molecule is CN1c2ccccc2C(=[N+]=[N-])C1C=O. The molecule has 70 valence electrons. The van der Waals surface area contributed by atoms with Crippen molar-refractivity contribution in [1.29, 1.82) is 0 Å². The first-order chi connectivity index (χ1) is 6.79. The molecule has 1 aromatic carbocycles. The summed E-state index contributed by atoms with van der Waals surface area (Å²) in [6.45, 7) is 0. The molecule has 0 aromatic heterocycles. The van der Waals surface area contributed by atoms with Crippen LogP contribution in [0.4, 0.5) is 5.69 Å². The van der Waals surface area contributed by atoms with Crippen LogP contribution in [0.2, 0.25) is 0 Å². The number of hydrogen-bond acceptors (Lipinski definition) is 2. The Morgan fingerprint density at radius 3 is 2.86 bits per heavy atom. The molecular weight excluding hydrogens is 178 g/mol. The largest absolute Gasteiger partial charge is 0.361 e. The summed E-state index contributed by atoms with van der Waals surface area (Å²) in [6, 6.07) is 6.99. The minimum Gasteiger partial charge on any atom is -0.361 e. The zero-order valence-electron chi connectivity index (χ0n) is 7.71. The lowest BCUT2D eigenvalue weighted by molar-refractivity contribution is -0.108. The summed E-state index contributed by atoms with van der Waals surface area (Å²) in [5.41, 5.74) is 11.0. The van der Waals surface area contributed by atoms with Gasteiger partial charge in [0.05, 0.1) is 11.3 Å².